The lowest BCUT2D eigenvalue weighted by atomic mass is 9.92. The van der Waals surface area contributed by atoms with Gasteiger partial charge < -0.3 is 29.2 Å². The van der Waals surface area contributed by atoms with E-state index in [-0.39, 0.29) is 6.04 Å². The van der Waals surface area contributed by atoms with E-state index in [1.165, 1.54) is 5.56 Å². The van der Waals surface area contributed by atoms with Gasteiger partial charge in [0.05, 0.1) is 27.4 Å². The summed E-state index contributed by atoms with van der Waals surface area (Å²) in [5.74, 6) is 2.86. The molecule has 0 radical (unpaired) electrons. The minimum absolute atomic E-state index is 0.0601. The first-order valence-electron chi connectivity index (χ1n) is 10.7. The molecular weight excluding hydrogens is 412 g/mol. The van der Waals surface area contributed by atoms with E-state index in [4.69, 9.17) is 31.2 Å². The number of methoxy groups -OCH3 is 3. The largest absolute Gasteiger partial charge is 0.493 e. The number of ether oxygens (including phenoxy) is 4. The topological polar surface area (TPSA) is 52.2 Å². The van der Waals surface area contributed by atoms with Gasteiger partial charge in [-0.25, -0.2) is 0 Å². The molecule has 168 valence electrons. The molecule has 1 aliphatic rings. The van der Waals surface area contributed by atoms with Gasteiger partial charge in [0.25, 0.3) is 0 Å². The number of thiocarbonyl (C=S) groups is 1. The van der Waals surface area contributed by atoms with Gasteiger partial charge in [0.15, 0.2) is 28.1 Å². The molecule has 2 aromatic carbocycles. The second kappa shape index (κ2) is 11.1. The van der Waals surface area contributed by atoms with Crippen LogP contribution in [0, 0.1) is 0 Å². The number of fused-ring (bicyclic) bond motifs is 1. The number of para-hydroxylation sites is 2. The lowest BCUT2D eigenvalue weighted by Crippen LogP contribution is -2.47. The van der Waals surface area contributed by atoms with Gasteiger partial charge in [-0.3, -0.25) is 0 Å². The molecule has 0 fully saturated rings. The van der Waals surface area contributed by atoms with Crippen molar-refractivity contribution >= 4 is 17.3 Å². The van der Waals surface area contributed by atoms with E-state index in [9.17, 15) is 0 Å². The van der Waals surface area contributed by atoms with Crippen molar-refractivity contribution in [3.8, 4) is 23.0 Å². The second-order valence-electron chi connectivity index (χ2n) is 7.41. The molecule has 7 heteroatoms. The number of hydrogen-bond acceptors (Lipinski definition) is 5. The number of benzene rings is 2. The third kappa shape index (κ3) is 5.34. The summed E-state index contributed by atoms with van der Waals surface area (Å²) in [6.45, 7) is 4.27. The Bertz CT molecular complexity index is 890. The summed E-state index contributed by atoms with van der Waals surface area (Å²) in [5, 5.41) is 4.16. The van der Waals surface area contributed by atoms with Gasteiger partial charge in [-0.15, -0.1) is 0 Å². The second-order valence-corrected chi connectivity index (χ2v) is 7.80. The van der Waals surface area contributed by atoms with E-state index in [0.29, 0.717) is 23.9 Å². The molecule has 1 atom stereocenters. The maximum absolute atomic E-state index is 6.23. The van der Waals surface area contributed by atoms with E-state index in [1.807, 2.05) is 30.3 Å². The van der Waals surface area contributed by atoms with Crippen LogP contribution in [-0.2, 0) is 6.42 Å². The molecule has 0 bridgehead atoms. The summed E-state index contributed by atoms with van der Waals surface area (Å²) < 4.78 is 22.8. The Balaban J connectivity index is 1.91. The van der Waals surface area contributed by atoms with Crippen LogP contribution in [0.1, 0.15) is 36.9 Å². The van der Waals surface area contributed by atoms with E-state index in [1.54, 1.807) is 21.3 Å². The predicted octanol–water partition coefficient (Wildman–Crippen LogP) is 4.37. The van der Waals surface area contributed by atoms with Crippen molar-refractivity contribution in [1.29, 1.82) is 0 Å². The van der Waals surface area contributed by atoms with Crippen molar-refractivity contribution in [3.63, 3.8) is 0 Å². The van der Waals surface area contributed by atoms with Crippen molar-refractivity contribution in [1.82, 2.24) is 10.2 Å². The Morgan fingerprint density at radius 3 is 2.39 bits per heavy atom. The van der Waals surface area contributed by atoms with Gasteiger partial charge in [-0.2, -0.15) is 0 Å². The average molecular weight is 445 g/mol. The third-order valence-electron chi connectivity index (χ3n) is 5.54. The van der Waals surface area contributed by atoms with Crippen LogP contribution in [0.4, 0.5) is 0 Å². The van der Waals surface area contributed by atoms with Crippen molar-refractivity contribution in [2.24, 2.45) is 0 Å². The maximum atomic E-state index is 6.23. The Hall–Kier alpha value is -2.67. The number of hydrogen-bond donors (Lipinski definition) is 1. The fraction of sp³-hybridized carbons (Fsp3) is 0.458. The van der Waals surface area contributed by atoms with Gasteiger partial charge in [0.1, 0.15) is 6.61 Å². The number of unbranched alkanes of at least 4 members (excludes halogenated alkanes) is 1. The SMILES string of the molecule is CCCCNC(=S)N1CCc2cc(OC)c(OC)cc2[C@@H]1COc1ccccc1OC. The molecule has 0 aliphatic carbocycles. The fourth-order valence-corrected chi connectivity index (χ4v) is 4.15. The van der Waals surface area contributed by atoms with E-state index in [2.05, 4.69) is 23.2 Å². The first kappa shape index (κ1) is 23.0. The molecule has 0 unspecified atom stereocenters. The molecular formula is C24H32N2O4S. The van der Waals surface area contributed by atoms with Gasteiger partial charge in [0, 0.05) is 13.1 Å². The Kier molecular flexibility index (Phi) is 8.23. The van der Waals surface area contributed by atoms with Crippen molar-refractivity contribution in [2.75, 3.05) is 41.0 Å². The first-order valence-corrected chi connectivity index (χ1v) is 11.1. The molecule has 1 aliphatic heterocycles. The van der Waals surface area contributed by atoms with Crippen LogP contribution in [0.3, 0.4) is 0 Å². The van der Waals surface area contributed by atoms with Gasteiger partial charge in [0.2, 0.25) is 0 Å². The van der Waals surface area contributed by atoms with Crippen LogP contribution in [0.5, 0.6) is 23.0 Å². The molecule has 3 rings (SSSR count). The minimum atomic E-state index is -0.0601. The monoisotopic (exact) mass is 444 g/mol. The fourth-order valence-electron chi connectivity index (χ4n) is 3.83. The minimum Gasteiger partial charge on any atom is -0.493 e. The zero-order valence-corrected chi connectivity index (χ0v) is 19.6. The van der Waals surface area contributed by atoms with Crippen LogP contribution >= 0.6 is 12.2 Å². The third-order valence-corrected chi connectivity index (χ3v) is 5.91. The smallest absolute Gasteiger partial charge is 0.169 e. The first-order chi connectivity index (χ1) is 15.1. The average Bonchev–Trinajstić information content (AvgIpc) is 2.81. The normalized spacial score (nSPS) is 15.1. The van der Waals surface area contributed by atoms with Crippen LogP contribution in [0.2, 0.25) is 0 Å². The summed E-state index contributed by atoms with van der Waals surface area (Å²) in [4.78, 5) is 2.22. The van der Waals surface area contributed by atoms with E-state index < -0.39 is 0 Å². The molecule has 1 N–H and O–H groups in total. The van der Waals surface area contributed by atoms with Crippen LogP contribution < -0.4 is 24.3 Å². The summed E-state index contributed by atoms with van der Waals surface area (Å²) in [6, 6.07) is 11.7. The quantitative estimate of drug-likeness (QED) is 0.455. The van der Waals surface area contributed by atoms with Crippen molar-refractivity contribution in [3.05, 3.63) is 47.5 Å². The Morgan fingerprint density at radius 2 is 1.71 bits per heavy atom. The highest BCUT2D eigenvalue weighted by Gasteiger charge is 2.31. The summed E-state index contributed by atoms with van der Waals surface area (Å²) in [6.07, 6.45) is 3.07. The summed E-state index contributed by atoms with van der Waals surface area (Å²) in [5.41, 5.74) is 2.36. The van der Waals surface area contributed by atoms with Crippen LogP contribution in [-0.4, -0.2) is 51.0 Å². The molecule has 0 spiro atoms. The number of rotatable bonds is 9. The Morgan fingerprint density at radius 1 is 1.03 bits per heavy atom. The molecule has 2 aromatic rings. The van der Waals surface area contributed by atoms with Crippen LogP contribution in [0.15, 0.2) is 36.4 Å². The van der Waals surface area contributed by atoms with E-state index >= 15 is 0 Å². The zero-order valence-electron chi connectivity index (χ0n) is 18.8. The molecule has 31 heavy (non-hydrogen) atoms. The molecule has 0 saturated carbocycles. The molecule has 0 saturated heterocycles. The zero-order chi connectivity index (χ0) is 22.2. The molecule has 0 aromatic heterocycles. The summed E-state index contributed by atoms with van der Waals surface area (Å²) >= 11 is 5.76. The van der Waals surface area contributed by atoms with Gasteiger partial charge >= 0.3 is 0 Å². The van der Waals surface area contributed by atoms with Crippen molar-refractivity contribution < 1.29 is 18.9 Å². The Labute approximate surface area is 190 Å². The summed E-state index contributed by atoms with van der Waals surface area (Å²) in [7, 11) is 4.96. The lowest BCUT2D eigenvalue weighted by Gasteiger charge is -2.39. The molecule has 1 heterocycles. The molecule has 6 nitrogen and oxygen atoms in total. The predicted molar refractivity (Wildman–Crippen MR) is 127 cm³/mol. The lowest BCUT2D eigenvalue weighted by molar-refractivity contribution is 0.182. The van der Waals surface area contributed by atoms with E-state index in [0.717, 1.165) is 48.8 Å². The number of nitrogens with one attached hydrogen (secondary N) is 1. The highest BCUT2D eigenvalue weighted by Crippen LogP contribution is 2.39. The van der Waals surface area contributed by atoms with Gasteiger partial charge in [-0.05, 0) is 60.5 Å². The number of nitrogens with zero attached hydrogens (tertiary/aromatic N) is 1. The molecule has 0 amide bonds. The van der Waals surface area contributed by atoms with Crippen LogP contribution in [0.25, 0.3) is 0 Å². The van der Waals surface area contributed by atoms with Gasteiger partial charge in [-0.1, -0.05) is 25.5 Å². The highest BCUT2D eigenvalue weighted by atomic mass is 32.1. The van der Waals surface area contributed by atoms with Crippen molar-refractivity contribution in [2.45, 2.75) is 32.2 Å². The highest BCUT2D eigenvalue weighted by molar-refractivity contribution is 7.80. The standard InChI is InChI=1S/C24H32N2O4S/c1-5-6-12-25-24(31)26-13-11-17-14-22(28-3)23(29-4)15-18(17)19(26)16-30-21-10-8-7-9-20(21)27-2/h7-10,14-15,19H,5-6,11-13,16H2,1-4H3,(H,25,31)/t19-/m0/s1. The maximum Gasteiger partial charge on any atom is 0.169 e.